The lowest BCUT2D eigenvalue weighted by molar-refractivity contribution is -0.135. The van der Waals surface area contributed by atoms with E-state index in [4.69, 9.17) is 0 Å². The van der Waals surface area contributed by atoms with Gasteiger partial charge in [0.25, 0.3) is 0 Å². The molecule has 4 aliphatic rings. The van der Waals surface area contributed by atoms with Gasteiger partial charge in [-0.2, -0.15) is 0 Å². The van der Waals surface area contributed by atoms with Crippen LogP contribution in [0.5, 0.6) is 0 Å². The van der Waals surface area contributed by atoms with E-state index in [0.29, 0.717) is 0 Å². The molecular formula is C18H23NOS. The van der Waals surface area contributed by atoms with Crippen LogP contribution in [0.3, 0.4) is 0 Å². The van der Waals surface area contributed by atoms with Gasteiger partial charge in [0.05, 0.1) is 5.54 Å². The highest BCUT2D eigenvalue weighted by molar-refractivity contribution is 7.97. The molecule has 0 saturated heterocycles. The summed E-state index contributed by atoms with van der Waals surface area (Å²) in [7, 11) is 0. The van der Waals surface area contributed by atoms with Crippen molar-refractivity contribution in [3.05, 3.63) is 30.3 Å². The zero-order valence-corrected chi connectivity index (χ0v) is 13.4. The first-order chi connectivity index (χ1) is 10.1. The smallest absolute Gasteiger partial charge is 0.230 e. The van der Waals surface area contributed by atoms with Gasteiger partial charge in [-0.3, -0.25) is 9.10 Å². The molecule has 2 nitrogen and oxygen atoms in total. The predicted octanol–water partition coefficient (Wildman–Crippen LogP) is 4.51. The Balaban J connectivity index is 1.63. The van der Waals surface area contributed by atoms with Crippen LogP contribution in [0.1, 0.15) is 45.4 Å². The summed E-state index contributed by atoms with van der Waals surface area (Å²) < 4.78 is 2.15. The number of rotatable bonds is 3. The highest BCUT2D eigenvalue weighted by Gasteiger charge is 2.54. The molecule has 1 aromatic rings. The van der Waals surface area contributed by atoms with Crippen LogP contribution >= 0.6 is 11.9 Å². The summed E-state index contributed by atoms with van der Waals surface area (Å²) in [5.41, 5.74) is 0.140. The van der Waals surface area contributed by atoms with Gasteiger partial charge < -0.3 is 0 Å². The first-order valence-corrected chi connectivity index (χ1v) is 8.96. The molecule has 4 aliphatic carbocycles. The molecule has 0 aromatic heterocycles. The third-order valence-electron chi connectivity index (χ3n) is 5.66. The van der Waals surface area contributed by atoms with Crippen molar-refractivity contribution in [2.75, 3.05) is 0 Å². The molecule has 0 atom stereocenters. The Kier molecular flexibility index (Phi) is 3.29. The van der Waals surface area contributed by atoms with Crippen LogP contribution in [0.2, 0.25) is 0 Å². The molecule has 3 heteroatoms. The van der Waals surface area contributed by atoms with E-state index in [-0.39, 0.29) is 11.4 Å². The minimum Gasteiger partial charge on any atom is -0.276 e. The summed E-state index contributed by atoms with van der Waals surface area (Å²) in [6.07, 6.45) is 7.96. The fourth-order valence-electron chi connectivity index (χ4n) is 5.40. The van der Waals surface area contributed by atoms with Crippen LogP contribution in [0.15, 0.2) is 35.2 Å². The van der Waals surface area contributed by atoms with Gasteiger partial charge in [-0.05, 0) is 80.4 Å². The summed E-state index contributed by atoms with van der Waals surface area (Å²) >= 11 is 1.67. The Morgan fingerprint density at radius 1 is 1.05 bits per heavy atom. The van der Waals surface area contributed by atoms with Gasteiger partial charge >= 0.3 is 0 Å². The fourth-order valence-corrected chi connectivity index (χ4v) is 6.43. The second-order valence-electron chi connectivity index (χ2n) is 7.36. The van der Waals surface area contributed by atoms with Crippen LogP contribution in [0.4, 0.5) is 0 Å². The number of hydrogen-bond acceptors (Lipinski definition) is 2. The van der Waals surface area contributed by atoms with Gasteiger partial charge in [-0.15, -0.1) is 0 Å². The number of nitrogens with zero attached hydrogens (tertiary/aromatic N) is 1. The van der Waals surface area contributed by atoms with Crippen molar-refractivity contribution >= 4 is 17.9 Å². The van der Waals surface area contributed by atoms with E-state index >= 15 is 0 Å². The van der Waals surface area contributed by atoms with E-state index in [9.17, 15) is 4.79 Å². The molecule has 0 aliphatic heterocycles. The van der Waals surface area contributed by atoms with Gasteiger partial charge in [0.15, 0.2) is 0 Å². The Hall–Kier alpha value is -0.960. The molecule has 0 spiro atoms. The molecule has 4 saturated carbocycles. The second kappa shape index (κ2) is 5.05. The van der Waals surface area contributed by atoms with E-state index < -0.39 is 0 Å². The first kappa shape index (κ1) is 13.7. The summed E-state index contributed by atoms with van der Waals surface area (Å²) in [5, 5.41) is 0. The lowest BCUT2D eigenvalue weighted by Crippen LogP contribution is -2.58. The normalized spacial score (nSPS) is 36.7. The summed E-state index contributed by atoms with van der Waals surface area (Å²) in [5.74, 6) is 2.84. The molecule has 4 bridgehead atoms. The number of carbonyl (C=O) groups is 1. The molecule has 112 valence electrons. The lowest BCUT2D eigenvalue weighted by Gasteiger charge is -2.59. The number of carbonyl (C=O) groups excluding carboxylic acids is 1. The standard InChI is InChI=1S/C18H23NOS/c1-13(20)19(21-17-5-3-2-4-6-17)18-10-14-7-15(11-18)9-16(8-14)12-18/h2-6,14-16H,7-12H2,1H3. The highest BCUT2D eigenvalue weighted by Crippen LogP contribution is 2.59. The topological polar surface area (TPSA) is 20.3 Å². The summed E-state index contributed by atoms with van der Waals surface area (Å²) in [4.78, 5) is 13.6. The largest absolute Gasteiger partial charge is 0.276 e. The van der Waals surface area contributed by atoms with Crippen LogP contribution < -0.4 is 0 Å². The number of benzene rings is 1. The number of hydrogen-bond donors (Lipinski definition) is 0. The highest BCUT2D eigenvalue weighted by atomic mass is 32.2. The van der Waals surface area contributed by atoms with Crippen LogP contribution in [0, 0.1) is 17.8 Å². The lowest BCUT2D eigenvalue weighted by atomic mass is 9.53. The maximum absolute atomic E-state index is 12.4. The van der Waals surface area contributed by atoms with E-state index in [1.807, 2.05) is 6.07 Å². The molecule has 5 rings (SSSR count). The molecular weight excluding hydrogens is 278 g/mol. The molecule has 4 fully saturated rings. The van der Waals surface area contributed by atoms with Crippen molar-refractivity contribution in [1.29, 1.82) is 0 Å². The predicted molar refractivity (Wildman–Crippen MR) is 85.7 cm³/mol. The van der Waals surface area contributed by atoms with Gasteiger partial charge in [0.1, 0.15) is 0 Å². The molecule has 0 radical (unpaired) electrons. The van der Waals surface area contributed by atoms with E-state index in [0.717, 1.165) is 17.8 Å². The Bertz CT molecular complexity index is 506. The third kappa shape index (κ3) is 2.40. The Morgan fingerprint density at radius 3 is 2.05 bits per heavy atom. The fraction of sp³-hybridized carbons (Fsp3) is 0.611. The Morgan fingerprint density at radius 2 is 1.57 bits per heavy atom. The van der Waals surface area contributed by atoms with Crippen LogP contribution in [-0.2, 0) is 4.79 Å². The Labute approximate surface area is 131 Å². The van der Waals surface area contributed by atoms with E-state index in [1.54, 1.807) is 18.9 Å². The maximum atomic E-state index is 12.4. The van der Waals surface area contributed by atoms with E-state index in [1.165, 1.54) is 43.4 Å². The van der Waals surface area contributed by atoms with Gasteiger partial charge in [-0.1, -0.05) is 18.2 Å². The second-order valence-corrected chi connectivity index (χ2v) is 8.38. The molecule has 0 unspecified atom stereocenters. The zero-order valence-electron chi connectivity index (χ0n) is 12.6. The van der Waals surface area contributed by atoms with Gasteiger partial charge in [0, 0.05) is 11.8 Å². The van der Waals surface area contributed by atoms with Crippen molar-refractivity contribution in [2.24, 2.45) is 17.8 Å². The third-order valence-corrected chi connectivity index (χ3v) is 6.97. The molecule has 21 heavy (non-hydrogen) atoms. The summed E-state index contributed by atoms with van der Waals surface area (Å²) in [6.45, 7) is 1.74. The monoisotopic (exact) mass is 301 g/mol. The number of amides is 1. The van der Waals surface area contributed by atoms with Gasteiger partial charge in [0.2, 0.25) is 5.91 Å². The minimum absolute atomic E-state index is 0.140. The van der Waals surface area contributed by atoms with Gasteiger partial charge in [-0.25, -0.2) is 0 Å². The van der Waals surface area contributed by atoms with Crippen LogP contribution in [-0.4, -0.2) is 15.8 Å². The average Bonchev–Trinajstić information content (AvgIpc) is 2.44. The van der Waals surface area contributed by atoms with Crippen molar-refractivity contribution in [3.8, 4) is 0 Å². The van der Waals surface area contributed by atoms with E-state index in [2.05, 4.69) is 28.6 Å². The van der Waals surface area contributed by atoms with Crippen molar-refractivity contribution < 1.29 is 4.79 Å². The molecule has 0 heterocycles. The first-order valence-electron chi connectivity index (χ1n) is 8.18. The minimum atomic E-state index is 0.140. The molecule has 0 N–H and O–H groups in total. The van der Waals surface area contributed by atoms with Crippen LogP contribution in [0.25, 0.3) is 0 Å². The molecule has 1 amide bonds. The van der Waals surface area contributed by atoms with Crippen molar-refractivity contribution in [1.82, 2.24) is 4.31 Å². The van der Waals surface area contributed by atoms with Crippen molar-refractivity contribution in [2.45, 2.75) is 55.9 Å². The SMILES string of the molecule is CC(=O)N(Sc1ccccc1)C12CC3CC(CC(C3)C1)C2. The zero-order chi connectivity index (χ0) is 14.4. The maximum Gasteiger partial charge on any atom is 0.230 e. The quantitative estimate of drug-likeness (QED) is 0.766. The summed E-state index contributed by atoms with van der Waals surface area (Å²) in [6, 6.07) is 10.4. The molecule has 1 aromatic carbocycles. The average molecular weight is 301 g/mol. The van der Waals surface area contributed by atoms with Crippen molar-refractivity contribution in [3.63, 3.8) is 0 Å².